The van der Waals surface area contributed by atoms with Gasteiger partial charge in [-0.3, -0.25) is 9.59 Å². The zero-order valence-corrected chi connectivity index (χ0v) is 11.3. The van der Waals surface area contributed by atoms with E-state index in [0.717, 1.165) is 19.3 Å². The molecule has 2 rings (SSSR count). The van der Waals surface area contributed by atoms with Crippen molar-refractivity contribution in [3.05, 3.63) is 23.2 Å². The van der Waals surface area contributed by atoms with E-state index in [9.17, 15) is 9.59 Å². The first-order chi connectivity index (χ1) is 8.97. The fourth-order valence-electron chi connectivity index (χ4n) is 2.26. The van der Waals surface area contributed by atoms with Crippen LogP contribution in [0.15, 0.2) is 10.7 Å². The Morgan fingerprint density at radius 1 is 1.47 bits per heavy atom. The van der Waals surface area contributed by atoms with Crippen LogP contribution in [0.5, 0.6) is 0 Å². The van der Waals surface area contributed by atoms with Crippen molar-refractivity contribution < 1.29 is 19.1 Å². The highest BCUT2D eigenvalue weighted by atomic mass is 16.4. The molecule has 5 nitrogen and oxygen atoms in total. The van der Waals surface area contributed by atoms with Gasteiger partial charge in [-0.1, -0.05) is 6.92 Å². The van der Waals surface area contributed by atoms with E-state index in [4.69, 9.17) is 9.52 Å². The minimum Gasteiger partial charge on any atom is -0.481 e. The monoisotopic (exact) mass is 265 g/mol. The first-order valence-corrected chi connectivity index (χ1v) is 6.54. The van der Waals surface area contributed by atoms with Crippen LogP contribution in [0.4, 0.5) is 0 Å². The zero-order valence-electron chi connectivity index (χ0n) is 11.3. The standard InChI is InChI=1S/C14H19NO4/c1-3-14(4-5-14)8-15-13(18)12-9(2)7-19-10(12)6-11(16)17/h7H,3-6,8H2,1-2H3,(H,15,18)(H,16,17). The lowest BCUT2D eigenvalue weighted by Gasteiger charge is -2.13. The Morgan fingerprint density at radius 3 is 2.68 bits per heavy atom. The number of carboxylic acid groups (broad SMARTS) is 1. The predicted molar refractivity (Wildman–Crippen MR) is 69.1 cm³/mol. The molecule has 0 aromatic carbocycles. The lowest BCUT2D eigenvalue weighted by atomic mass is 10.0. The van der Waals surface area contributed by atoms with Crippen molar-refractivity contribution in [3.63, 3.8) is 0 Å². The molecule has 104 valence electrons. The molecule has 1 heterocycles. The van der Waals surface area contributed by atoms with E-state index in [1.807, 2.05) is 0 Å². The molecule has 5 heteroatoms. The summed E-state index contributed by atoms with van der Waals surface area (Å²) >= 11 is 0. The van der Waals surface area contributed by atoms with Gasteiger partial charge in [0.2, 0.25) is 0 Å². The molecule has 1 aromatic heterocycles. The van der Waals surface area contributed by atoms with Crippen LogP contribution in [0, 0.1) is 12.3 Å². The third-order valence-corrected chi connectivity index (χ3v) is 3.92. The Bertz CT molecular complexity index is 500. The highest BCUT2D eigenvalue weighted by Crippen LogP contribution is 2.47. The van der Waals surface area contributed by atoms with Gasteiger partial charge in [-0.2, -0.15) is 0 Å². The minimum atomic E-state index is -1.00. The lowest BCUT2D eigenvalue weighted by Crippen LogP contribution is -2.30. The Kier molecular flexibility index (Phi) is 3.64. The molecule has 19 heavy (non-hydrogen) atoms. The lowest BCUT2D eigenvalue weighted by molar-refractivity contribution is -0.136. The molecule has 1 amide bonds. The number of hydrogen-bond acceptors (Lipinski definition) is 3. The largest absolute Gasteiger partial charge is 0.481 e. The SMILES string of the molecule is CCC1(CNC(=O)c2c(C)coc2CC(=O)O)CC1. The second-order valence-corrected chi connectivity index (χ2v) is 5.32. The third kappa shape index (κ3) is 2.97. The molecule has 2 N–H and O–H groups in total. The average molecular weight is 265 g/mol. The molecular weight excluding hydrogens is 246 g/mol. The van der Waals surface area contributed by atoms with E-state index in [1.54, 1.807) is 6.92 Å². The minimum absolute atomic E-state index is 0.226. The van der Waals surface area contributed by atoms with Crippen molar-refractivity contribution in [2.24, 2.45) is 5.41 Å². The first kappa shape index (κ1) is 13.6. The predicted octanol–water partition coefficient (Wildman–Crippen LogP) is 2.14. The molecule has 0 atom stereocenters. The summed E-state index contributed by atoms with van der Waals surface area (Å²) in [7, 11) is 0. The quantitative estimate of drug-likeness (QED) is 0.825. The van der Waals surface area contributed by atoms with Crippen molar-refractivity contribution in [2.45, 2.75) is 39.5 Å². The summed E-state index contributed by atoms with van der Waals surface area (Å²) in [6.45, 7) is 4.52. The maximum atomic E-state index is 12.2. The summed E-state index contributed by atoms with van der Waals surface area (Å²) in [5, 5.41) is 11.7. The van der Waals surface area contributed by atoms with Crippen LogP contribution in [0.1, 0.15) is 47.9 Å². The Hall–Kier alpha value is -1.78. The van der Waals surface area contributed by atoms with Crippen molar-refractivity contribution in [2.75, 3.05) is 6.54 Å². The Balaban J connectivity index is 2.05. The molecule has 1 aromatic rings. The number of amides is 1. The van der Waals surface area contributed by atoms with E-state index in [1.165, 1.54) is 6.26 Å². The smallest absolute Gasteiger partial charge is 0.311 e. The van der Waals surface area contributed by atoms with E-state index in [-0.39, 0.29) is 23.5 Å². The van der Waals surface area contributed by atoms with Gasteiger partial charge in [0, 0.05) is 12.1 Å². The number of carbonyl (C=O) groups excluding carboxylic acids is 1. The van der Waals surface area contributed by atoms with Gasteiger partial charge in [0.15, 0.2) is 0 Å². The summed E-state index contributed by atoms with van der Waals surface area (Å²) < 4.78 is 5.16. The number of aliphatic carboxylic acids is 1. The molecule has 0 bridgehead atoms. The van der Waals surface area contributed by atoms with Gasteiger partial charge in [0.1, 0.15) is 12.2 Å². The van der Waals surface area contributed by atoms with Gasteiger partial charge < -0.3 is 14.8 Å². The Morgan fingerprint density at radius 2 is 2.16 bits per heavy atom. The van der Waals surface area contributed by atoms with E-state index >= 15 is 0 Å². The maximum Gasteiger partial charge on any atom is 0.311 e. The number of rotatable bonds is 6. The van der Waals surface area contributed by atoms with E-state index < -0.39 is 5.97 Å². The molecular formula is C14H19NO4. The number of nitrogens with one attached hydrogen (secondary N) is 1. The first-order valence-electron chi connectivity index (χ1n) is 6.54. The van der Waals surface area contributed by atoms with Gasteiger partial charge in [0.25, 0.3) is 5.91 Å². The fraction of sp³-hybridized carbons (Fsp3) is 0.571. The number of hydrogen-bond donors (Lipinski definition) is 2. The summed E-state index contributed by atoms with van der Waals surface area (Å²) in [5.41, 5.74) is 1.31. The normalized spacial score (nSPS) is 16.1. The van der Waals surface area contributed by atoms with Gasteiger partial charge in [0.05, 0.1) is 11.8 Å². The van der Waals surface area contributed by atoms with Crippen molar-refractivity contribution in [3.8, 4) is 0 Å². The molecule has 1 aliphatic rings. The molecule has 1 aliphatic carbocycles. The fourth-order valence-corrected chi connectivity index (χ4v) is 2.26. The topological polar surface area (TPSA) is 79.5 Å². The van der Waals surface area contributed by atoms with Gasteiger partial charge in [-0.15, -0.1) is 0 Å². The third-order valence-electron chi connectivity index (χ3n) is 3.92. The van der Waals surface area contributed by atoms with Gasteiger partial charge >= 0.3 is 5.97 Å². The van der Waals surface area contributed by atoms with Gasteiger partial charge in [-0.05, 0) is 31.6 Å². The number of furan rings is 1. The van der Waals surface area contributed by atoms with E-state index in [0.29, 0.717) is 17.7 Å². The van der Waals surface area contributed by atoms with Crippen molar-refractivity contribution >= 4 is 11.9 Å². The van der Waals surface area contributed by atoms with Crippen LogP contribution >= 0.6 is 0 Å². The highest BCUT2D eigenvalue weighted by Gasteiger charge is 2.40. The van der Waals surface area contributed by atoms with Crippen LogP contribution in [0.25, 0.3) is 0 Å². The molecule has 0 aliphatic heterocycles. The number of carbonyl (C=O) groups is 2. The van der Waals surface area contributed by atoms with E-state index in [2.05, 4.69) is 12.2 Å². The van der Waals surface area contributed by atoms with Crippen LogP contribution in [0.2, 0.25) is 0 Å². The van der Waals surface area contributed by atoms with Crippen LogP contribution in [0.3, 0.4) is 0 Å². The van der Waals surface area contributed by atoms with Crippen molar-refractivity contribution in [1.29, 1.82) is 0 Å². The zero-order chi connectivity index (χ0) is 14.0. The molecule has 1 fully saturated rings. The van der Waals surface area contributed by atoms with Crippen LogP contribution in [-0.2, 0) is 11.2 Å². The highest BCUT2D eigenvalue weighted by molar-refractivity contribution is 5.97. The molecule has 0 spiro atoms. The molecule has 0 unspecified atom stereocenters. The second kappa shape index (κ2) is 5.07. The Labute approximate surface area is 112 Å². The molecule has 1 saturated carbocycles. The second-order valence-electron chi connectivity index (χ2n) is 5.32. The average Bonchev–Trinajstić information content (AvgIpc) is 3.06. The van der Waals surface area contributed by atoms with Crippen LogP contribution < -0.4 is 5.32 Å². The van der Waals surface area contributed by atoms with Crippen LogP contribution in [-0.4, -0.2) is 23.5 Å². The maximum absolute atomic E-state index is 12.2. The summed E-state index contributed by atoms with van der Waals surface area (Å²) in [4.78, 5) is 22.9. The van der Waals surface area contributed by atoms with Crippen molar-refractivity contribution in [1.82, 2.24) is 5.32 Å². The molecule has 0 radical (unpaired) electrons. The summed E-state index contributed by atoms with van der Waals surface area (Å²) in [6.07, 6.45) is 4.52. The molecule has 0 saturated heterocycles. The summed E-state index contributed by atoms with van der Waals surface area (Å²) in [5.74, 6) is -1.01. The number of carboxylic acids is 1. The van der Waals surface area contributed by atoms with Gasteiger partial charge in [-0.25, -0.2) is 0 Å². The summed E-state index contributed by atoms with van der Waals surface area (Å²) in [6, 6.07) is 0. The number of aryl methyl sites for hydroxylation is 1.